The Kier molecular flexibility index (Phi) is 3.29. The van der Waals surface area contributed by atoms with E-state index in [1.807, 2.05) is 23.8 Å². The van der Waals surface area contributed by atoms with Gasteiger partial charge in [-0.2, -0.15) is 5.10 Å². The van der Waals surface area contributed by atoms with Crippen LogP contribution in [-0.4, -0.2) is 25.4 Å². The van der Waals surface area contributed by atoms with E-state index in [1.165, 1.54) is 18.2 Å². The Bertz CT molecular complexity index is 906. The topological polar surface area (TPSA) is 60.0 Å². The molecule has 0 saturated carbocycles. The van der Waals surface area contributed by atoms with Gasteiger partial charge in [0, 0.05) is 30.3 Å². The summed E-state index contributed by atoms with van der Waals surface area (Å²) in [6, 6.07) is 6.36. The molecule has 0 bridgehead atoms. The summed E-state index contributed by atoms with van der Waals surface area (Å²) in [5, 5.41) is 14.0. The fourth-order valence-corrected chi connectivity index (χ4v) is 2.60. The van der Waals surface area contributed by atoms with Crippen LogP contribution in [0.3, 0.4) is 0 Å². The van der Waals surface area contributed by atoms with Crippen LogP contribution in [0.2, 0.25) is 0 Å². The summed E-state index contributed by atoms with van der Waals surface area (Å²) in [7, 11) is 1.79. The van der Waals surface area contributed by atoms with Gasteiger partial charge in [-0.3, -0.25) is 4.68 Å². The molecule has 0 atom stereocenters. The summed E-state index contributed by atoms with van der Waals surface area (Å²) in [4.78, 5) is 10.8. The highest BCUT2D eigenvalue weighted by Gasteiger charge is 2.15. The fraction of sp³-hybridized carbons (Fsp3) is 0.125. The molecule has 0 amide bonds. The van der Waals surface area contributed by atoms with Crippen molar-refractivity contribution in [2.45, 2.75) is 6.92 Å². The summed E-state index contributed by atoms with van der Waals surface area (Å²) in [6.45, 7) is 1.82. The van der Waals surface area contributed by atoms with Gasteiger partial charge in [0.2, 0.25) is 0 Å². The number of halogens is 1. The molecular weight excluding hydrogens is 285 g/mol. The number of nitrogens with zero attached hydrogens (tertiary/aromatic N) is 3. The number of hydrogen-bond acceptors (Lipinski definition) is 2. The molecule has 112 valence electrons. The molecule has 0 aliphatic carbocycles. The summed E-state index contributed by atoms with van der Waals surface area (Å²) < 4.78 is 16.9. The number of carbonyl (C=O) groups is 1. The molecule has 2 aromatic heterocycles. The largest absolute Gasteiger partial charge is 0.478 e. The quantitative estimate of drug-likeness (QED) is 0.756. The van der Waals surface area contributed by atoms with Crippen LogP contribution in [0.5, 0.6) is 0 Å². The molecule has 0 aliphatic heterocycles. The third-order valence-electron chi connectivity index (χ3n) is 3.51. The molecule has 0 spiro atoms. The Morgan fingerprint density at radius 1 is 1.36 bits per heavy atom. The van der Waals surface area contributed by atoms with E-state index >= 15 is 0 Å². The number of benzene rings is 1. The minimum atomic E-state index is -1.02. The van der Waals surface area contributed by atoms with Crippen LogP contribution in [0.25, 0.3) is 22.8 Å². The lowest BCUT2D eigenvalue weighted by molar-refractivity contribution is -0.131. The number of aryl methyl sites for hydroxylation is 2. The Morgan fingerprint density at radius 2 is 2.14 bits per heavy atom. The first kappa shape index (κ1) is 14.1. The molecular formula is C16H14FN3O2. The van der Waals surface area contributed by atoms with Gasteiger partial charge in [-0.15, -0.1) is 0 Å². The Morgan fingerprint density at radius 3 is 2.86 bits per heavy atom. The van der Waals surface area contributed by atoms with Gasteiger partial charge >= 0.3 is 5.97 Å². The highest BCUT2D eigenvalue weighted by molar-refractivity contribution is 5.87. The average Bonchev–Trinajstić information content (AvgIpc) is 2.96. The minimum absolute atomic E-state index is 0.294. The van der Waals surface area contributed by atoms with Crippen LogP contribution in [0.4, 0.5) is 4.39 Å². The maximum absolute atomic E-state index is 13.3. The Balaban J connectivity index is 2.24. The normalized spacial score (nSPS) is 11.6. The first-order valence-electron chi connectivity index (χ1n) is 6.69. The molecule has 2 heterocycles. The number of hydrogen-bond donors (Lipinski definition) is 1. The van der Waals surface area contributed by atoms with E-state index in [9.17, 15) is 9.18 Å². The van der Waals surface area contributed by atoms with Crippen molar-refractivity contribution in [3.05, 3.63) is 53.6 Å². The van der Waals surface area contributed by atoms with E-state index < -0.39 is 5.97 Å². The van der Waals surface area contributed by atoms with Crippen LogP contribution in [0, 0.1) is 12.7 Å². The van der Waals surface area contributed by atoms with E-state index in [0.717, 1.165) is 28.5 Å². The van der Waals surface area contributed by atoms with Gasteiger partial charge < -0.3 is 9.67 Å². The molecule has 0 aliphatic rings. The number of aromatic nitrogens is 3. The second-order valence-corrected chi connectivity index (χ2v) is 5.01. The molecule has 0 saturated heterocycles. The minimum Gasteiger partial charge on any atom is -0.478 e. The molecule has 1 N–H and O–H groups in total. The number of fused-ring (bicyclic) bond motifs is 1. The summed E-state index contributed by atoms with van der Waals surface area (Å²) in [5.41, 5.74) is 2.26. The molecule has 3 rings (SSSR count). The zero-order valence-electron chi connectivity index (χ0n) is 12.1. The third-order valence-corrected chi connectivity index (χ3v) is 3.51. The maximum atomic E-state index is 13.3. The molecule has 6 heteroatoms. The molecule has 0 fully saturated rings. The van der Waals surface area contributed by atoms with E-state index in [4.69, 9.17) is 5.11 Å². The van der Waals surface area contributed by atoms with Crippen LogP contribution in [-0.2, 0) is 11.8 Å². The van der Waals surface area contributed by atoms with Gasteiger partial charge in [-0.25, -0.2) is 9.18 Å². The van der Waals surface area contributed by atoms with Gasteiger partial charge in [0.05, 0.1) is 11.2 Å². The van der Waals surface area contributed by atoms with E-state index in [0.29, 0.717) is 5.56 Å². The van der Waals surface area contributed by atoms with Crippen molar-refractivity contribution < 1.29 is 14.3 Å². The second kappa shape index (κ2) is 5.14. The van der Waals surface area contributed by atoms with Crippen LogP contribution < -0.4 is 0 Å². The van der Waals surface area contributed by atoms with Crippen molar-refractivity contribution in [2.24, 2.45) is 7.05 Å². The molecule has 0 radical (unpaired) electrons. The van der Waals surface area contributed by atoms with Crippen molar-refractivity contribution >= 4 is 22.9 Å². The lowest BCUT2D eigenvalue weighted by Gasteiger charge is -2.07. The van der Waals surface area contributed by atoms with Crippen molar-refractivity contribution in [1.29, 1.82) is 0 Å². The number of rotatable bonds is 3. The summed E-state index contributed by atoms with van der Waals surface area (Å²) in [6.07, 6.45) is 4.42. The highest BCUT2D eigenvalue weighted by Crippen LogP contribution is 2.25. The predicted octanol–water partition coefficient (Wildman–Crippen LogP) is 2.91. The van der Waals surface area contributed by atoms with Gasteiger partial charge in [0.1, 0.15) is 11.6 Å². The van der Waals surface area contributed by atoms with Gasteiger partial charge in [0.15, 0.2) is 0 Å². The van der Waals surface area contributed by atoms with Crippen LogP contribution in [0.1, 0.15) is 11.3 Å². The first-order chi connectivity index (χ1) is 10.5. The van der Waals surface area contributed by atoms with Gasteiger partial charge in [0.25, 0.3) is 0 Å². The van der Waals surface area contributed by atoms with E-state index in [2.05, 4.69) is 5.10 Å². The standard InChI is InChI=1S/C16H14FN3O2/c1-10-13(4-6-15(21)22)16(19(2)18-10)20-8-7-11-9-12(17)3-5-14(11)20/h3-9H,1-2H3,(H,21,22). The zero-order chi connectivity index (χ0) is 15.9. The lowest BCUT2D eigenvalue weighted by Crippen LogP contribution is -2.03. The Hall–Kier alpha value is -2.89. The van der Waals surface area contributed by atoms with Crippen molar-refractivity contribution in [3.8, 4) is 5.82 Å². The Labute approximate surface area is 125 Å². The molecule has 5 nitrogen and oxygen atoms in total. The third kappa shape index (κ3) is 2.28. The van der Waals surface area contributed by atoms with Gasteiger partial charge in [-0.05, 0) is 37.3 Å². The summed E-state index contributed by atoms with van der Waals surface area (Å²) >= 11 is 0. The van der Waals surface area contributed by atoms with E-state index in [1.54, 1.807) is 17.8 Å². The second-order valence-electron chi connectivity index (χ2n) is 5.01. The molecule has 1 aromatic carbocycles. The van der Waals surface area contributed by atoms with Crippen molar-refractivity contribution in [2.75, 3.05) is 0 Å². The maximum Gasteiger partial charge on any atom is 0.328 e. The highest BCUT2D eigenvalue weighted by atomic mass is 19.1. The van der Waals surface area contributed by atoms with Gasteiger partial charge in [-0.1, -0.05) is 0 Å². The van der Waals surface area contributed by atoms with Crippen molar-refractivity contribution in [3.63, 3.8) is 0 Å². The first-order valence-corrected chi connectivity index (χ1v) is 6.69. The average molecular weight is 299 g/mol. The monoisotopic (exact) mass is 299 g/mol. The lowest BCUT2D eigenvalue weighted by atomic mass is 10.2. The van der Waals surface area contributed by atoms with E-state index in [-0.39, 0.29) is 5.82 Å². The SMILES string of the molecule is Cc1nn(C)c(-n2ccc3cc(F)ccc32)c1C=CC(=O)O. The number of carboxylic acid groups (broad SMARTS) is 1. The molecule has 22 heavy (non-hydrogen) atoms. The van der Waals surface area contributed by atoms with Crippen molar-refractivity contribution in [1.82, 2.24) is 14.3 Å². The molecule has 0 unspecified atom stereocenters. The zero-order valence-corrected chi connectivity index (χ0v) is 12.1. The smallest absolute Gasteiger partial charge is 0.328 e. The predicted molar refractivity (Wildman–Crippen MR) is 81.4 cm³/mol. The van der Waals surface area contributed by atoms with Crippen LogP contribution >= 0.6 is 0 Å². The summed E-state index contributed by atoms with van der Waals surface area (Å²) in [5.74, 6) is -0.581. The number of carboxylic acids is 1. The van der Waals surface area contributed by atoms with Crippen LogP contribution in [0.15, 0.2) is 36.5 Å². The fourth-order valence-electron chi connectivity index (χ4n) is 2.60. The number of aliphatic carboxylic acids is 1. The molecule has 3 aromatic rings.